The van der Waals surface area contributed by atoms with Gasteiger partial charge in [-0.2, -0.15) is 0 Å². The fraction of sp³-hybridized carbons (Fsp3) is 0.644. The van der Waals surface area contributed by atoms with E-state index in [1.54, 1.807) is 47.6 Å². The Bertz CT molecular complexity index is 2220. The molecule has 1 fully saturated rings. The summed E-state index contributed by atoms with van der Waals surface area (Å²) in [4.78, 5) is 103. The number of aliphatic carboxylic acids is 7. The number of rotatable bonds is 18. The zero-order valence-electron chi connectivity index (χ0n) is 37.1. The number of carboxylic acids is 7. The predicted octanol–water partition coefficient (Wildman–Crippen LogP) is 5.92. The van der Waals surface area contributed by atoms with Crippen LogP contribution in [0, 0.1) is 45.3 Å². The second-order valence-electron chi connectivity index (χ2n) is 19.5. The maximum Gasteiger partial charge on any atom is 0.304 e. The number of nitrogens with zero attached hydrogens (tertiary/aromatic N) is 3. The standard InChI is InChI=1S/C45H60N4O14/c1-21-36-24(10-13-30(52)53)41(3,4)28(47-36)18-27-23(9-12-29(50)51)43(6,19-34(60)61)39(46-27)22(2)37-25(11-14-31(54)55)44(7,20-35(62)63)45(8,49-37)40-26(17-33(58)59)42(5,38(21)48-40)16-15-32(56)57/h18,23-26,40,48H,9-17,19-20H2,1-8H3,(H,50,51)(H,52,53)(H,54,55)(H,56,57)(H,58,59)(H,60,61)(H,62,63)/b28-18-,38-21-,39-22-/t23-,24-,25-,26+,40?,42-,43+,44+,45+/m1/s1. The number of nitrogens with one attached hydrogen (secondary N) is 1. The van der Waals surface area contributed by atoms with E-state index in [9.17, 15) is 69.3 Å². The van der Waals surface area contributed by atoms with Gasteiger partial charge in [0.1, 0.15) is 0 Å². The van der Waals surface area contributed by atoms with Crippen LogP contribution in [0.15, 0.2) is 49.3 Å². The molecule has 0 aromatic heterocycles. The van der Waals surface area contributed by atoms with Gasteiger partial charge < -0.3 is 41.1 Å². The molecule has 5 heterocycles. The normalized spacial score (nSPS) is 36.2. The summed E-state index contributed by atoms with van der Waals surface area (Å²) in [7, 11) is 0. The first-order valence-electron chi connectivity index (χ1n) is 21.3. The Morgan fingerprint density at radius 2 is 1.13 bits per heavy atom. The molecule has 5 aliphatic rings. The van der Waals surface area contributed by atoms with Gasteiger partial charge in [-0.1, -0.05) is 34.6 Å². The minimum atomic E-state index is -1.58. The Kier molecular flexibility index (Phi) is 13.1. The summed E-state index contributed by atoms with van der Waals surface area (Å²) in [5, 5.41) is 75.2. The van der Waals surface area contributed by atoms with Gasteiger partial charge in [-0.15, -0.1) is 0 Å². The molecule has 1 unspecified atom stereocenters. The summed E-state index contributed by atoms with van der Waals surface area (Å²) in [6.07, 6.45) is -1.48. The molecule has 0 aromatic rings. The van der Waals surface area contributed by atoms with E-state index in [1.807, 2.05) is 13.8 Å². The average molecular weight is 881 g/mol. The van der Waals surface area contributed by atoms with Gasteiger partial charge in [0.15, 0.2) is 0 Å². The monoisotopic (exact) mass is 880 g/mol. The van der Waals surface area contributed by atoms with Crippen molar-refractivity contribution in [3.05, 3.63) is 34.3 Å². The minimum absolute atomic E-state index is 0.0464. The van der Waals surface area contributed by atoms with Gasteiger partial charge in [-0.05, 0) is 63.7 Å². The van der Waals surface area contributed by atoms with Crippen LogP contribution in [0.2, 0.25) is 0 Å². The second-order valence-corrected chi connectivity index (χ2v) is 19.5. The molecule has 0 aromatic carbocycles. The quantitative estimate of drug-likeness (QED) is 0.0792. The van der Waals surface area contributed by atoms with Gasteiger partial charge in [0.25, 0.3) is 0 Å². The highest BCUT2D eigenvalue weighted by molar-refractivity contribution is 6.10. The summed E-state index contributed by atoms with van der Waals surface area (Å²) in [6, 6.07) is -1.03. The fourth-order valence-corrected chi connectivity index (χ4v) is 11.8. The lowest BCUT2D eigenvalue weighted by molar-refractivity contribution is -0.144. The smallest absolute Gasteiger partial charge is 0.304 e. The average Bonchev–Trinajstić information content (AvgIpc) is 3.75. The third-order valence-electron chi connectivity index (χ3n) is 15.3. The number of aliphatic imine (C=N–C) groups is 3. The molecular weight excluding hydrogens is 821 g/mol. The van der Waals surface area contributed by atoms with Crippen LogP contribution in [0.1, 0.15) is 126 Å². The highest BCUT2D eigenvalue weighted by Crippen LogP contribution is 2.62. The zero-order valence-corrected chi connectivity index (χ0v) is 37.1. The fourth-order valence-electron chi connectivity index (χ4n) is 11.8. The molecule has 1 saturated heterocycles. The SMILES string of the molecule is C/C1=C2/NC([C@H](CC(=O)O)[C@@]2(C)CCC(=O)O)[C@]2(C)N=C(/C(C)=C3N=C(/C=C4N=C1[C@@H](CCC(=O)O)C\4(C)C)[C@@H](CCC(=O)O)[C@]\3(C)CC(=O)O)[C@@H](CCC(=O)O)[C@]2(C)CC(=O)O. The number of carboxylic acid groups (broad SMARTS) is 7. The number of allylic oxidation sites excluding steroid dienone is 6. The molecule has 63 heavy (non-hydrogen) atoms. The zero-order chi connectivity index (χ0) is 47.4. The Labute approximate surface area is 365 Å². The third kappa shape index (κ3) is 8.56. The van der Waals surface area contributed by atoms with Crippen molar-refractivity contribution < 1.29 is 69.3 Å². The topological polar surface area (TPSA) is 310 Å². The van der Waals surface area contributed by atoms with Crippen LogP contribution in [0.25, 0.3) is 0 Å². The van der Waals surface area contributed by atoms with E-state index in [0.717, 1.165) is 0 Å². The Balaban J connectivity index is 2.02. The van der Waals surface area contributed by atoms with Crippen molar-refractivity contribution in [2.24, 2.45) is 60.3 Å². The maximum atomic E-state index is 13.1. The first-order valence-corrected chi connectivity index (χ1v) is 21.3. The lowest BCUT2D eigenvalue weighted by Crippen LogP contribution is -2.58. The van der Waals surface area contributed by atoms with E-state index in [-0.39, 0.29) is 56.4 Å². The minimum Gasteiger partial charge on any atom is -0.481 e. The summed E-state index contributed by atoms with van der Waals surface area (Å²) in [5.41, 5.74) is -3.67. The van der Waals surface area contributed by atoms with E-state index < -0.39 is 124 Å². The lowest BCUT2D eigenvalue weighted by atomic mass is 9.56. The molecule has 18 heteroatoms. The second kappa shape index (κ2) is 17.1. The summed E-state index contributed by atoms with van der Waals surface area (Å²) >= 11 is 0. The maximum absolute atomic E-state index is 13.1. The van der Waals surface area contributed by atoms with Crippen molar-refractivity contribution >= 4 is 58.9 Å². The molecule has 0 aliphatic carbocycles. The van der Waals surface area contributed by atoms with Crippen LogP contribution in [0.5, 0.6) is 0 Å². The number of carbonyl (C=O) groups is 7. The van der Waals surface area contributed by atoms with Crippen molar-refractivity contribution in [3.63, 3.8) is 0 Å². The highest BCUT2D eigenvalue weighted by Gasteiger charge is 2.67. The van der Waals surface area contributed by atoms with Gasteiger partial charge >= 0.3 is 41.8 Å². The van der Waals surface area contributed by atoms with Crippen LogP contribution in [-0.4, -0.2) is 106 Å². The van der Waals surface area contributed by atoms with Crippen molar-refractivity contribution in [1.82, 2.24) is 5.32 Å². The van der Waals surface area contributed by atoms with Crippen LogP contribution in [-0.2, 0) is 33.6 Å². The van der Waals surface area contributed by atoms with Crippen LogP contribution < -0.4 is 5.32 Å². The number of hydrogen-bond donors (Lipinski definition) is 8. The Morgan fingerprint density at radius 3 is 1.63 bits per heavy atom. The lowest BCUT2D eigenvalue weighted by Gasteiger charge is -2.48. The molecule has 0 amide bonds. The first kappa shape index (κ1) is 48.4. The van der Waals surface area contributed by atoms with E-state index in [4.69, 9.17) is 15.0 Å². The molecule has 8 N–H and O–H groups in total. The van der Waals surface area contributed by atoms with Crippen LogP contribution in [0.4, 0.5) is 0 Å². The molecule has 5 aliphatic heterocycles. The van der Waals surface area contributed by atoms with Crippen molar-refractivity contribution in [2.75, 3.05) is 0 Å². The Morgan fingerprint density at radius 1 is 0.603 bits per heavy atom. The summed E-state index contributed by atoms with van der Waals surface area (Å²) in [5.74, 6) is -11.5. The molecule has 9 atom stereocenters. The molecule has 5 rings (SSSR count). The third-order valence-corrected chi connectivity index (χ3v) is 15.3. The van der Waals surface area contributed by atoms with Gasteiger partial charge in [-0.3, -0.25) is 48.5 Å². The molecule has 0 spiro atoms. The predicted molar refractivity (Wildman–Crippen MR) is 227 cm³/mol. The van der Waals surface area contributed by atoms with E-state index in [0.29, 0.717) is 34.0 Å². The summed E-state index contributed by atoms with van der Waals surface area (Å²) < 4.78 is 0. The van der Waals surface area contributed by atoms with Crippen molar-refractivity contribution in [1.29, 1.82) is 0 Å². The molecule has 18 nitrogen and oxygen atoms in total. The number of hydrogen-bond acceptors (Lipinski definition) is 11. The Hall–Kier alpha value is -5.68. The van der Waals surface area contributed by atoms with Crippen LogP contribution in [0.3, 0.4) is 0 Å². The first-order chi connectivity index (χ1) is 29.0. The van der Waals surface area contributed by atoms with Gasteiger partial charge in [-0.25, -0.2) is 0 Å². The summed E-state index contributed by atoms with van der Waals surface area (Å²) in [6.45, 7) is 14.0. The van der Waals surface area contributed by atoms with Crippen molar-refractivity contribution in [3.8, 4) is 0 Å². The van der Waals surface area contributed by atoms with Crippen molar-refractivity contribution in [2.45, 2.75) is 138 Å². The molecule has 344 valence electrons. The molecular formula is C45H60N4O14. The van der Waals surface area contributed by atoms with E-state index in [1.165, 1.54) is 0 Å². The largest absolute Gasteiger partial charge is 0.481 e. The van der Waals surface area contributed by atoms with E-state index in [2.05, 4.69) is 5.32 Å². The van der Waals surface area contributed by atoms with Gasteiger partial charge in [0.05, 0.1) is 36.5 Å². The van der Waals surface area contributed by atoms with E-state index >= 15 is 0 Å². The highest BCUT2D eigenvalue weighted by atomic mass is 16.4. The van der Waals surface area contributed by atoms with Gasteiger partial charge in [0, 0.05) is 99.5 Å². The number of fused-ring (bicyclic) bond motifs is 6. The van der Waals surface area contributed by atoms with Gasteiger partial charge in [0.2, 0.25) is 0 Å². The molecule has 0 saturated carbocycles. The molecule has 8 bridgehead atoms. The van der Waals surface area contributed by atoms with Crippen LogP contribution >= 0.6 is 0 Å². The molecule has 0 radical (unpaired) electrons.